The molecular weight excluding hydrogens is 350 g/mol. The number of nitrogens with zero attached hydrogens (tertiary/aromatic N) is 2. The van der Waals surface area contributed by atoms with Gasteiger partial charge in [0.1, 0.15) is 5.69 Å². The van der Waals surface area contributed by atoms with E-state index in [0.29, 0.717) is 24.3 Å². The Balaban J connectivity index is 1.49. The Kier molecular flexibility index (Phi) is 4.04. The second kappa shape index (κ2) is 6.59. The number of aryl methyl sites for hydroxylation is 1. The number of aromatic amines is 1. The van der Waals surface area contributed by atoms with Crippen molar-refractivity contribution in [3.63, 3.8) is 0 Å². The molecule has 0 bridgehead atoms. The highest BCUT2D eigenvalue weighted by Crippen LogP contribution is 2.31. The number of hydrogen-bond acceptors (Lipinski definition) is 3. The van der Waals surface area contributed by atoms with Crippen LogP contribution in [0.25, 0.3) is 10.9 Å². The van der Waals surface area contributed by atoms with E-state index in [0.717, 1.165) is 42.1 Å². The second-order valence-electron chi connectivity index (χ2n) is 8.06. The van der Waals surface area contributed by atoms with Gasteiger partial charge >= 0.3 is 0 Å². The Hall–Kier alpha value is -2.95. The van der Waals surface area contributed by atoms with Crippen molar-refractivity contribution in [1.82, 2.24) is 15.1 Å². The Morgan fingerprint density at radius 1 is 1.07 bits per heavy atom. The molecule has 0 spiro atoms. The maximum absolute atomic E-state index is 13.2. The van der Waals surface area contributed by atoms with Gasteiger partial charge in [0, 0.05) is 30.0 Å². The van der Waals surface area contributed by atoms with Crippen LogP contribution >= 0.6 is 0 Å². The molecule has 5 nitrogen and oxygen atoms in total. The van der Waals surface area contributed by atoms with Gasteiger partial charge < -0.3 is 4.90 Å². The molecule has 2 heterocycles. The number of rotatable bonds is 3. The highest BCUT2D eigenvalue weighted by Gasteiger charge is 2.29. The molecule has 3 aromatic rings. The molecular formula is C23H23N3O2. The van der Waals surface area contributed by atoms with Gasteiger partial charge in [-0.3, -0.25) is 14.7 Å². The maximum atomic E-state index is 13.2. The standard InChI is InChI=1S/C23H23N3O2/c1-14-10-20-19(21(25-24-20)22(27)15-6-2-3-7-15)11-18(14)23(28)26-12-16-8-4-5-9-17(16)13-26/h4-5,8-11,15H,2-3,6-7,12-13H2,1H3,(H,24,25). The number of carbonyl (C=O) groups excluding carboxylic acids is 2. The summed E-state index contributed by atoms with van der Waals surface area (Å²) >= 11 is 0. The first-order chi connectivity index (χ1) is 13.6. The summed E-state index contributed by atoms with van der Waals surface area (Å²) in [5, 5.41) is 8.07. The predicted octanol–water partition coefficient (Wildman–Crippen LogP) is 4.40. The van der Waals surface area contributed by atoms with E-state index in [1.54, 1.807) is 0 Å². The third kappa shape index (κ3) is 2.73. The normalized spacial score (nSPS) is 16.7. The van der Waals surface area contributed by atoms with Crippen LogP contribution < -0.4 is 0 Å². The van der Waals surface area contributed by atoms with Gasteiger partial charge in [-0.15, -0.1) is 0 Å². The largest absolute Gasteiger partial charge is 0.330 e. The zero-order valence-corrected chi connectivity index (χ0v) is 16.0. The molecule has 1 aliphatic carbocycles. The van der Waals surface area contributed by atoms with Gasteiger partial charge in [-0.25, -0.2) is 0 Å². The number of benzene rings is 2. The number of nitrogens with one attached hydrogen (secondary N) is 1. The molecule has 1 fully saturated rings. The summed E-state index contributed by atoms with van der Waals surface area (Å²) in [5.74, 6) is 0.190. The van der Waals surface area contributed by atoms with Crippen molar-refractivity contribution in [3.8, 4) is 0 Å². The number of amides is 1. The minimum atomic E-state index is 0.0102. The van der Waals surface area contributed by atoms with Crippen LogP contribution in [0, 0.1) is 12.8 Å². The first-order valence-corrected chi connectivity index (χ1v) is 10.0. The molecule has 2 aliphatic rings. The first kappa shape index (κ1) is 17.2. The third-order valence-corrected chi connectivity index (χ3v) is 6.23. The summed E-state index contributed by atoms with van der Waals surface area (Å²) in [4.78, 5) is 28.0. The Morgan fingerprint density at radius 2 is 1.75 bits per heavy atom. The molecule has 5 heteroatoms. The number of ketones is 1. The van der Waals surface area contributed by atoms with Crippen molar-refractivity contribution in [2.75, 3.05) is 0 Å². The Morgan fingerprint density at radius 3 is 2.43 bits per heavy atom. The quantitative estimate of drug-likeness (QED) is 0.692. The van der Waals surface area contributed by atoms with E-state index in [2.05, 4.69) is 22.3 Å². The lowest BCUT2D eigenvalue weighted by atomic mass is 9.96. The molecule has 142 valence electrons. The van der Waals surface area contributed by atoms with E-state index in [4.69, 9.17) is 0 Å². The van der Waals surface area contributed by atoms with Crippen molar-refractivity contribution in [3.05, 3.63) is 64.3 Å². The number of carbonyl (C=O) groups is 2. The zero-order valence-electron chi connectivity index (χ0n) is 16.0. The minimum absolute atomic E-state index is 0.0102. The number of Topliss-reactive ketones (excluding diaryl/α,β-unsaturated/α-hetero) is 1. The van der Waals surface area contributed by atoms with E-state index in [-0.39, 0.29) is 17.6 Å². The van der Waals surface area contributed by atoms with Crippen LogP contribution in [0.4, 0.5) is 0 Å². The molecule has 0 saturated heterocycles. The lowest BCUT2D eigenvalue weighted by Crippen LogP contribution is -2.26. The third-order valence-electron chi connectivity index (χ3n) is 6.23. The van der Waals surface area contributed by atoms with Gasteiger partial charge in [-0.1, -0.05) is 37.1 Å². The molecule has 0 radical (unpaired) electrons. The minimum Gasteiger partial charge on any atom is -0.330 e. The fourth-order valence-electron chi connectivity index (χ4n) is 4.62. The number of H-pyrrole nitrogens is 1. The van der Waals surface area contributed by atoms with E-state index < -0.39 is 0 Å². The van der Waals surface area contributed by atoms with E-state index >= 15 is 0 Å². The molecule has 28 heavy (non-hydrogen) atoms. The molecule has 1 saturated carbocycles. The maximum Gasteiger partial charge on any atom is 0.254 e. The predicted molar refractivity (Wildman–Crippen MR) is 107 cm³/mol. The van der Waals surface area contributed by atoms with Crippen LogP contribution in [-0.4, -0.2) is 26.8 Å². The van der Waals surface area contributed by atoms with Crippen molar-refractivity contribution < 1.29 is 9.59 Å². The van der Waals surface area contributed by atoms with E-state index in [9.17, 15) is 9.59 Å². The fourth-order valence-corrected chi connectivity index (χ4v) is 4.62. The van der Waals surface area contributed by atoms with Gasteiger partial charge in [0.05, 0.1) is 5.52 Å². The summed E-state index contributed by atoms with van der Waals surface area (Å²) in [7, 11) is 0. The molecule has 1 aliphatic heterocycles. The van der Waals surface area contributed by atoms with Crippen LogP contribution in [0.2, 0.25) is 0 Å². The fraction of sp³-hybridized carbons (Fsp3) is 0.348. The van der Waals surface area contributed by atoms with Crippen LogP contribution in [0.1, 0.15) is 63.2 Å². The van der Waals surface area contributed by atoms with Gasteiger partial charge in [-0.05, 0) is 48.6 Å². The summed E-state index contributed by atoms with van der Waals surface area (Å²) < 4.78 is 0. The lowest BCUT2D eigenvalue weighted by Gasteiger charge is -2.17. The summed E-state index contributed by atoms with van der Waals surface area (Å²) in [6.07, 6.45) is 4.10. The average Bonchev–Trinajstić information content (AvgIpc) is 3.44. The summed E-state index contributed by atoms with van der Waals surface area (Å²) in [6.45, 7) is 3.20. The van der Waals surface area contributed by atoms with Crippen LogP contribution in [0.3, 0.4) is 0 Å². The molecule has 1 aromatic heterocycles. The Labute approximate surface area is 163 Å². The summed E-state index contributed by atoms with van der Waals surface area (Å²) in [5.41, 5.74) is 5.27. The lowest BCUT2D eigenvalue weighted by molar-refractivity contribution is 0.0750. The molecule has 2 aromatic carbocycles. The van der Waals surface area contributed by atoms with Gasteiger partial charge in [0.2, 0.25) is 0 Å². The highest BCUT2D eigenvalue weighted by molar-refractivity contribution is 6.09. The zero-order chi connectivity index (χ0) is 19.3. The van der Waals surface area contributed by atoms with Crippen LogP contribution in [0.5, 0.6) is 0 Å². The van der Waals surface area contributed by atoms with Crippen LogP contribution in [0.15, 0.2) is 36.4 Å². The molecule has 5 rings (SSSR count). The van der Waals surface area contributed by atoms with E-state index in [1.165, 1.54) is 11.1 Å². The monoisotopic (exact) mass is 373 g/mol. The molecule has 1 amide bonds. The first-order valence-electron chi connectivity index (χ1n) is 10.0. The van der Waals surface area contributed by atoms with Crippen molar-refractivity contribution in [1.29, 1.82) is 0 Å². The second-order valence-corrected chi connectivity index (χ2v) is 8.06. The van der Waals surface area contributed by atoms with Crippen molar-refractivity contribution in [2.24, 2.45) is 5.92 Å². The van der Waals surface area contributed by atoms with E-state index in [1.807, 2.05) is 36.1 Å². The Bertz CT molecular complexity index is 1070. The number of fused-ring (bicyclic) bond motifs is 2. The van der Waals surface area contributed by atoms with Gasteiger partial charge in [0.15, 0.2) is 5.78 Å². The van der Waals surface area contributed by atoms with Crippen molar-refractivity contribution in [2.45, 2.75) is 45.7 Å². The van der Waals surface area contributed by atoms with Gasteiger partial charge in [0.25, 0.3) is 5.91 Å². The van der Waals surface area contributed by atoms with Crippen molar-refractivity contribution >= 4 is 22.6 Å². The molecule has 0 unspecified atom stereocenters. The molecule has 0 atom stereocenters. The molecule has 1 N–H and O–H groups in total. The summed E-state index contributed by atoms with van der Waals surface area (Å²) in [6, 6.07) is 12.0. The smallest absolute Gasteiger partial charge is 0.254 e. The number of hydrogen-bond donors (Lipinski definition) is 1. The highest BCUT2D eigenvalue weighted by atomic mass is 16.2. The SMILES string of the molecule is Cc1cc2[nH]nc(C(=O)C3CCCC3)c2cc1C(=O)N1Cc2ccccc2C1. The average molecular weight is 373 g/mol. The topological polar surface area (TPSA) is 66.1 Å². The number of aromatic nitrogens is 2. The van der Waals surface area contributed by atoms with Gasteiger partial charge in [-0.2, -0.15) is 5.10 Å². The van der Waals surface area contributed by atoms with Crippen LogP contribution in [-0.2, 0) is 13.1 Å².